The van der Waals surface area contributed by atoms with Crippen LogP contribution in [0.15, 0.2) is 57.9 Å². The normalized spacial score (nSPS) is 10.7. The molecule has 128 valence electrons. The van der Waals surface area contributed by atoms with Crippen molar-refractivity contribution in [3.63, 3.8) is 0 Å². The van der Waals surface area contributed by atoms with Crippen LogP contribution < -0.4 is 5.32 Å². The van der Waals surface area contributed by atoms with Gasteiger partial charge >= 0.3 is 0 Å². The quantitative estimate of drug-likeness (QED) is 0.664. The number of benzene rings is 2. The molecule has 0 saturated carbocycles. The van der Waals surface area contributed by atoms with E-state index < -0.39 is 17.5 Å². The Bertz CT molecular complexity index is 912. The SMILES string of the molecule is Cc1cc(CSc2ccccc2C(=O)Nc2ccc(F)c(F)c2)on1. The average molecular weight is 360 g/mol. The van der Waals surface area contributed by atoms with E-state index in [0.29, 0.717) is 17.1 Å². The zero-order valence-electron chi connectivity index (χ0n) is 13.3. The molecule has 0 unspecified atom stereocenters. The van der Waals surface area contributed by atoms with Crippen molar-refractivity contribution in [2.45, 2.75) is 17.6 Å². The molecule has 0 aliphatic rings. The lowest BCUT2D eigenvalue weighted by Crippen LogP contribution is -2.13. The fraction of sp³-hybridized carbons (Fsp3) is 0.111. The summed E-state index contributed by atoms with van der Waals surface area (Å²) < 4.78 is 31.4. The number of aryl methyl sites for hydroxylation is 1. The van der Waals surface area contributed by atoms with Gasteiger partial charge in [0.2, 0.25) is 0 Å². The average Bonchev–Trinajstić information content (AvgIpc) is 3.02. The summed E-state index contributed by atoms with van der Waals surface area (Å²) >= 11 is 1.43. The van der Waals surface area contributed by atoms with Crippen LogP contribution in [-0.2, 0) is 5.75 Å². The molecule has 0 radical (unpaired) electrons. The van der Waals surface area contributed by atoms with Gasteiger partial charge in [-0.15, -0.1) is 11.8 Å². The van der Waals surface area contributed by atoms with Crippen molar-refractivity contribution in [1.29, 1.82) is 0 Å². The van der Waals surface area contributed by atoms with Gasteiger partial charge in [0.25, 0.3) is 5.91 Å². The van der Waals surface area contributed by atoms with E-state index in [1.807, 2.05) is 25.1 Å². The van der Waals surface area contributed by atoms with Crippen LogP contribution in [0.3, 0.4) is 0 Å². The van der Waals surface area contributed by atoms with E-state index in [0.717, 1.165) is 22.7 Å². The summed E-state index contributed by atoms with van der Waals surface area (Å²) in [6, 6.07) is 12.1. The Morgan fingerprint density at radius 1 is 1.16 bits per heavy atom. The number of carbonyl (C=O) groups excluding carboxylic acids is 1. The van der Waals surface area contributed by atoms with Crippen molar-refractivity contribution >= 4 is 23.4 Å². The van der Waals surface area contributed by atoms with Crippen molar-refractivity contribution in [3.05, 3.63) is 77.2 Å². The molecule has 3 rings (SSSR count). The van der Waals surface area contributed by atoms with E-state index in [4.69, 9.17) is 4.52 Å². The van der Waals surface area contributed by atoms with Crippen molar-refractivity contribution in [2.24, 2.45) is 0 Å². The molecule has 0 aliphatic carbocycles. The Labute approximate surface area is 147 Å². The lowest BCUT2D eigenvalue weighted by Gasteiger charge is -2.09. The molecule has 0 saturated heterocycles. The fourth-order valence-corrected chi connectivity index (χ4v) is 3.11. The van der Waals surface area contributed by atoms with Crippen molar-refractivity contribution in [2.75, 3.05) is 5.32 Å². The van der Waals surface area contributed by atoms with Gasteiger partial charge in [-0.25, -0.2) is 8.78 Å². The van der Waals surface area contributed by atoms with Crippen LogP contribution in [0.2, 0.25) is 0 Å². The third kappa shape index (κ3) is 4.24. The predicted octanol–water partition coefficient (Wildman–Crippen LogP) is 4.81. The number of thioether (sulfide) groups is 1. The number of hydrogen-bond donors (Lipinski definition) is 1. The smallest absolute Gasteiger partial charge is 0.256 e. The number of carbonyl (C=O) groups is 1. The van der Waals surface area contributed by atoms with Crippen LogP contribution >= 0.6 is 11.8 Å². The highest BCUT2D eigenvalue weighted by Gasteiger charge is 2.13. The van der Waals surface area contributed by atoms with Crippen molar-refractivity contribution in [3.8, 4) is 0 Å². The molecule has 0 fully saturated rings. The second kappa shape index (κ2) is 7.48. The molecule has 25 heavy (non-hydrogen) atoms. The van der Waals surface area contributed by atoms with Crippen LogP contribution in [0.25, 0.3) is 0 Å². The summed E-state index contributed by atoms with van der Waals surface area (Å²) in [5.74, 6) is -1.14. The number of halogens is 2. The molecule has 2 aromatic carbocycles. The van der Waals surface area contributed by atoms with Crippen molar-refractivity contribution in [1.82, 2.24) is 5.16 Å². The Balaban J connectivity index is 1.74. The van der Waals surface area contributed by atoms with Crippen LogP contribution in [-0.4, -0.2) is 11.1 Å². The molecule has 4 nitrogen and oxygen atoms in total. The molecule has 3 aromatic rings. The lowest BCUT2D eigenvalue weighted by molar-refractivity contribution is 0.102. The number of rotatable bonds is 5. The topological polar surface area (TPSA) is 55.1 Å². The maximum Gasteiger partial charge on any atom is 0.256 e. The van der Waals surface area contributed by atoms with Gasteiger partial charge < -0.3 is 9.84 Å². The fourth-order valence-electron chi connectivity index (χ4n) is 2.19. The zero-order valence-corrected chi connectivity index (χ0v) is 14.1. The number of nitrogens with one attached hydrogen (secondary N) is 1. The molecule has 0 bridgehead atoms. The number of amides is 1. The van der Waals surface area contributed by atoms with Crippen LogP contribution in [0.5, 0.6) is 0 Å². The second-order valence-corrected chi connectivity index (χ2v) is 6.32. The van der Waals surface area contributed by atoms with Gasteiger partial charge in [0.05, 0.1) is 17.0 Å². The zero-order chi connectivity index (χ0) is 17.8. The number of anilines is 1. The Hall–Kier alpha value is -2.67. The highest BCUT2D eigenvalue weighted by atomic mass is 32.2. The second-order valence-electron chi connectivity index (χ2n) is 5.30. The summed E-state index contributed by atoms with van der Waals surface area (Å²) in [5.41, 5.74) is 1.42. The van der Waals surface area contributed by atoms with E-state index in [9.17, 15) is 13.6 Å². The highest BCUT2D eigenvalue weighted by molar-refractivity contribution is 7.98. The third-order valence-corrected chi connectivity index (χ3v) is 4.45. The molecule has 0 aliphatic heterocycles. The van der Waals surface area contributed by atoms with Gasteiger partial charge in [0, 0.05) is 22.7 Å². The van der Waals surface area contributed by atoms with E-state index in [2.05, 4.69) is 10.5 Å². The Kier molecular flexibility index (Phi) is 5.14. The summed E-state index contributed by atoms with van der Waals surface area (Å²) in [6.45, 7) is 1.83. The first-order valence-electron chi connectivity index (χ1n) is 7.43. The summed E-state index contributed by atoms with van der Waals surface area (Å²) in [4.78, 5) is 13.2. The van der Waals surface area contributed by atoms with Gasteiger partial charge in [0.1, 0.15) is 5.76 Å². The number of nitrogens with zero attached hydrogens (tertiary/aromatic N) is 1. The molecule has 1 aromatic heterocycles. The van der Waals surface area contributed by atoms with Gasteiger partial charge in [0.15, 0.2) is 11.6 Å². The van der Waals surface area contributed by atoms with Gasteiger partial charge in [-0.2, -0.15) is 0 Å². The monoisotopic (exact) mass is 360 g/mol. The molecule has 0 atom stereocenters. The van der Waals surface area contributed by atoms with Gasteiger partial charge in [-0.3, -0.25) is 4.79 Å². The van der Waals surface area contributed by atoms with Crippen LogP contribution in [0.1, 0.15) is 21.8 Å². The van der Waals surface area contributed by atoms with Crippen LogP contribution in [0, 0.1) is 18.6 Å². The Morgan fingerprint density at radius 2 is 1.96 bits per heavy atom. The van der Waals surface area contributed by atoms with E-state index >= 15 is 0 Å². The first-order chi connectivity index (χ1) is 12.0. The largest absolute Gasteiger partial charge is 0.360 e. The van der Waals surface area contributed by atoms with E-state index in [1.54, 1.807) is 12.1 Å². The lowest BCUT2D eigenvalue weighted by atomic mass is 10.2. The van der Waals surface area contributed by atoms with E-state index in [-0.39, 0.29) is 5.69 Å². The minimum Gasteiger partial charge on any atom is -0.360 e. The summed E-state index contributed by atoms with van der Waals surface area (Å²) in [5, 5.41) is 6.40. The number of aromatic nitrogens is 1. The standard InChI is InChI=1S/C18H14F2N2O2S/c1-11-8-13(24-22-11)10-25-17-5-3-2-4-14(17)18(23)21-12-6-7-15(19)16(20)9-12/h2-9H,10H2,1H3,(H,21,23). The molecule has 1 N–H and O–H groups in total. The maximum absolute atomic E-state index is 13.3. The van der Waals surface area contributed by atoms with Gasteiger partial charge in [-0.05, 0) is 31.2 Å². The van der Waals surface area contributed by atoms with Crippen molar-refractivity contribution < 1.29 is 18.1 Å². The third-order valence-electron chi connectivity index (χ3n) is 3.36. The first-order valence-corrected chi connectivity index (χ1v) is 8.42. The van der Waals surface area contributed by atoms with E-state index in [1.165, 1.54) is 17.8 Å². The predicted molar refractivity (Wildman–Crippen MR) is 91.6 cm³/mol. The molecule has 7 heteroatoms. The minimum atomic E-state index is -1.01. The Morgan fingerprint density at radius 3 is 2.68 bits per heavy atom. The summed E-state index contributed by atoms with van der Waals surface area (Å²) in [7, 11) is 0. The van der Waals surface area contributed by atoms with Gasteiger partial charge in [-0.1, -0.05) is 17.3 Å². The highest BCUT2D eigenvalue weighted by Crippen LogP contribution is 2.27. The molecule has 1 heterocycles. The molecule has 1 amide bonds. The molecular formula is C18H14F2N2O2S. The molecular weight excluding hydrogens is 346 g/mol. The minimum absolute atomic E-state index is 0.189. The first kappa shape index (κ1) is 17.2. The summed E-state index contributed by atoms with van der Waals surface area (Å²) in [6.07, 6.45) is 0. The van der Waals surface area contributed by atoms with Crippen LogP contribution in [0.4, 0.5) is 14.5 Å². The molecule has 0 spiro atoms. The number of hydrogen-bond acceptors (Lipinski definition) is 4. The maximum atomic E-state index is 13.3.